The van der Waals surface area contributed by atoms with E-state index in [4.69, 9.17) is 16.1 Å². The molecule has 8 nitrogen and oxygen atoms in total. The maximum absolute atomic E-state index is 6.26. The third-order valence-electron chi connectivity index (χ3n) is 4.43. The molecule has 1 fully saturated rings. The molecule has 130 valence electrons. The fourth-order valence-corrected chi connectivity index (χ4v) is 3.16. The minimum absolute atomic E-state index is 0.0881. The number of halogens is 1. The molecule has 0 aliphatic carbocycles. The highest BCUT2D eigenvalue weighted by molar-refractivity contribution is 6.32. The lowest BCUT2D eigenvalue weighted by Crippen LogP contribution is -2.44. The van der Waals surface area contributed by atoms with E-state index in [1.165, 1.54) is 0 Å². The number of nitrogens with zero attached hydrogens (tertiary/aromatic N) is 6. The summed E-state index contributed by atoms with van der Waals surface area (Å²) in [5, 5.41) is 16.5. The van der Waals surface area contributed by atoms with Crippen molar-refractivity contribution in [3.63, 3.8) is 0 Å². The van der Waals surface area contributed by atoms with Crippen LogP contribution in [0.2, 0.25) is 5.02 Å². The highest BCUT2D eigenvalue weighted by atomic mass is 35.5. The SMILES string of the molecule is Cc1c(-c2nc(C3CNCCN3C)no2)nnn1-c1ccccc1Cl. The summed E-state index contributed by atoms with van der Waals surface area (Å²) in [5.41, 5.74) is 2.11. The average Bonchev–Trinajstić information content (AvgIpc) is 3.23. The van der Waals surface area contributed by atoms with Crippen molar-refractivity contribution in [3.05, 3.63) is 40.8 Å². The Morgan fingerprint density at radius 2 is 2.16 bits per heavy atom. The van der Waals surface area contributed by atoms with Crippen molar-refractivity contribution in [1.29, 1.82) is 0 Å². The molecule has 1 N–H and O–H groups in total. The Balaban J connectivity index is 1.67. The Morgan fingerprint density at radius 1 is 1.32 bits per heavy atom. The summed E-state index contributed by atoms with van der Waals surface area (Å²) in [6.45, 7) is 4.59. The highest BCUT2D eigenvalue weighted by Gasteiger charge is 2.27. The molecule has 4 rings (SSSR count). The minimum atomic E-state index is 0.0881. The first-order valence-electron chi connectivity index (χ1n) is 8.07. The van der Waals surface area contributed by atoms with Gasteiger partial charge in [0.2, 0.25) is 0 Å². The maximum Gasteiger partial charge on any atom is 0.280 e. The van der Waals surface area contributed by atoms with Gasteiger partial charge in [0, 0.05) is 19.6 Å². The molecule has 9 heteroatoms. The quantitative estimate of drug-likeness (QED) is 0.763. The Morgan fingerprint density at radius 3 is 2.96 bits per heavy atom. The lowest BCUT2D eigenvalue weighted by Gasteiger charge is -2.30. The number of nitrogens with one attached hydrogen (secondary N) is 1. The van der Waals surface area contributed by atoms with Crippen molar-refractivity contribution in [2.45, 2.75) is 13.0 Å². The second kappa shape index (κ2) is 6.55. The molecule has 3 heterocycles. The van der Waals surface area contributed by atoms with Gasteiger partial charge in [-0.1, -0.05) is 34.1 Å². The van der Waals surface area contributed by atoms with Gasteiger partial charge in [0.15, 0.2) is 11.5 Å². The molecule has 0 amide bonds. The molecule has 25 heavy (non-hydrogen) atoms. The second-order valence-corrected chi connectivity index (χ2v) is 6.45. The van der Waals surface area contributed by atoms with Crippen molar-refractivity contribution in [1.82, 2.24) is 35.4 Å². The summed E-state index contributed by atoms with van der Waals surface area (Å²) >= 11 is 6.26. The molecule has 0 saturated carbocycles. The number of para-hydroxylation sites is 1. The minimum Gasteiger partial charge on any atom is -0.332 e. The van der Waals surface area contributed by atoms with Crippen LogP contribution in [0.25, 0.3) is 17.3 Å². The predicted molar refractivity (Wildman–Crippen MR) is 92.6 cm³/mol. The van der Waals surface area contributed by atoms with E-state index in [2.05, 4.69) is 37.7 Å². The highest BCUT2D eigenvalue weighted by Crippen LogP contribution is 2.26. The maximum atomic E-state index is 6.26. The largest absolute Gasteiger partial charge is 0.332 e. The molecular formula is C16H18ClN7O. The lowest BCUT2D eigenvalue weighted by molar-refractivity contribution is 0.190. The van der Waals surface area contributed by atoms with Gasteiger partial charge in [-0.05, 0) is 26.1 Å². The van der Waals surface area contributed by atoms with E-state index < -0.39 is 0 Å². The van der Waals surface area contributed by atoms with E-state index in [1.54, 1.807) is 4.68 Å². The Labute approximate surface area is 149 Å². The molecule has 1 aliphatic rings. The van der Waals surface area contributed by atoms with Crippen LogP contribution in [0.4, 0.5) is 0 Å². The first-order chi connectivity index (χ1) is 12.1. The molecule has 2 aromatic heterocycles. The van der Waals surface area contributed by atoms with E-state index >= 15 is 0 Å². The normalized spacial score (nSPS) is 18.6. The van der Waals surface area contributed by atoms with Crippen LogP contribution in [0, 0.1) is 6.92 Å². The average molecular weight is 360 g/mol. The van der Waals surface area contributed by atoms with Crippen LogP contribution in [-0.2, 0) is 0 Å². The number of hydrogen-bond acceptors (Lipinski definition) is 7. The predicted octanol–water partition coefficient (Wildman–Crippen LogP) is 1.86. The first kappa shape index (κ1) is 16.2. The first-order valence-corrected chi connectivity index (χ1v) is 8.45. The number of aromatic nitrogens is 5. The topological polar surface area (TPSA) is 84.9 Å². The number of likely N-dealkylation sites (N-methyl/N-ethyl adjacent to an activating group) is 1. The van der Waals surface area contributed by atoms with Crippen molar-refractivity contribution < 1.29 is 4.52 Å². The van der Waals surface area contributed by atoms with Gasteiger partial charge in [0.05, 0.1) is 22.4 Å². The van der Waals surface area contributed by atoms with Gasteiger partial charge < -0.3 is 9.84 Å². The Kier molecular flexibility index (Phi) is 4.24. The van der Waals surface area contributed by atoms with Gasteiger partial charge in [-0.25, -0.2) is 4.68 Å². The van der Waals surface area contributed by atoms with Gasteiger partial charge in [0.1, 0.15) is 0 Å². The summed E-state index contributed by atoms with van der Waals surface area (Å²) in [5.74, 6) is 1.01. The lowest BCUT2D eigenvalue weighted by atomic mass is 10.2. The van der Waals surface area contributed by atoms with Crippen LogP contribution < -0.4 is 5.32 Å². The van der Waals surface area contributed by atoms with E-state index in [9.17, 15) is 0 Å². The standard InChI is InChI=1S/C16H18ClN7O/c1-10-14(20-22-24(10)12-6-4-3-5-11(12)17)16-19-15(21-25-16)13-9-18-7-8-23(13)2/h3-6,13,18H,7-9H2,1-2H3. The van der Waals surface area contributed by atoms with Crippen LogP contribution in [0.5, 0.6) is 0 Å². The van der Waals surface area contributed by atoms with Crippen molar-refractivity contribution in [2.75, 3.05) is 26.7 Å². The zero-order valence-corrected chi connectivity index (χ0v) is 14.7. The molecule has 1 atom stereocenters. The van der Waals surface area contributed by atoms with E-state index in [1.807, 2.05) is 31.2 Å². The van der Waals surface area contributed by atoms with Gasteiger partial charge in [0.25, 0.3) is 5.89 Å². The summed E-state index contributed by atoms with van der Waals surface area (Å²) in [7, 11) is 2.06. The molecule has 1 unspecified atom stereocenters. The van der Waals surface area contributed by atoms with Crippen molar-refractivity contribution in [3.8, 4) is 17.3 Å². The molecule has 0 radical (unpaired) electrons. The molecule has 0 spiro atoms. The fourth-order valence-electron chi connectivity index (χ4n) is 2.94. The molecular weight excluding hydrogens is 342 g/mol. The van der Waals surface area contributed by atoms with Crippen LogP contribution in [-0.4, -0.2) is 56.7 Å². The zero-order chi connectivity index (χ0) is 17.4. The summed E-state index contributed by atoms with van der Waals surface area (Å²) in [4.78, 5) is 6.74. The van der Waals surface area contributed by atoms with E-state index in [0.29, 0.717) is 22.4 Å². The van der Waals surface area contributed by atoms with Crippen LogP contribution in [0.3, 0.4) is 0 Å². The van der Waals surface area contributed by atoms with Crippen molar-refractivity contribution in [2.24, 2.45) is 0 Å². The molecule has 1 saturated heterocycles. The van der Waals surface area contributed by atoms with Gasteiger partial charge in [-0.2, -0.15) is 4.98 Å². The molecule has 1 aromatic carbocycles. The Bertz CT molecular complexity index is 890. The fraction of sp³-hybridized carbons (Fsp3) is 0.375. The molecule has 1 aliphatic heterocycles. The summed E-state index contributed by atoms with van der Waals surface area (Å²) in [6, 6.07) is 7.56. The number of rotatable bonds is 3. The van der Waals surface area contributed by atoms with Gasteiger partial charge in [-0.3, -0.25) is 4.90 Å². The second-order valence-electron chi connectivity index (χ2n) is 6.04. The van der Waals surface area contributed by atoms with Crippen LogP contribution >= 0.6 is 11.6 Å². The number of hydrogen-bond donors (Lipinski definition) is 1. The number of piperazine rings is 1. The Hall–Kier alpha value is -2.29. The monoisotopic (exact) mass is 359 g/mol. The summed E-state index contributed by atoms with van der Waals surface area (Å²) < 4.78 is 7.12. The zero-order valence-electron chi connectivity index (χ0n) is 14.0. The molecule has 0 bridgehead atoms. The third kappa shape index (κ3) is 2.92. The summed E-state index contributed by atoms with van der Waals surface area (Å²) in [6.07, 6.45) is 0. The smallest absolute Gasteiger partial charge is 0.280 e. The molecule has 3 aromatic rings. The van der Waals surface area contributed by atoms with E-state index in [-0.39, 0.29) is 6.04 Å². The third-order valence-corrected chi connectivity index (χ3v) is 4.75. The van der Waals surface area contributed by atoms with Crippen molar-refractivity contribution >= 4 is 11.6 Å². The number of benzene rings is 1. The van der Waals surface area contributed by atoms with Gasteiger partial charge in [-0.15, -0.1) is 5.10 Å². The van der Waals surface area contributed by atoms with E-state index in [0.717, 1.165) is 31.0 Å². The van der Waals surface area contributed by atoms with Gasteiger partial charge >= 0.3 is 0 Å². The van der Waals surface area contributed by atoms with Crippen LogP contribution in [0.15, 0.2) is 28.8 Å². The van der Waals surface area contributed by atoms with Crippen LogP contribution in [0.1, 0.15) is 17.6 Å².